The SMILES string of the molecule is COc1cccc(CN(C(=O)c2snc(C(N)=O)c2N)[C@@H](C(=O)NCCC(C)C)c2ccc(F)cc2)c1. The van der Waals surface area contributed by atoms with E-state index in [2.05, 4.69) is 9.69 Å². The van der Waals surface area contributed by atoms with Gasteiger partial charge in [-0.05, 0) is 59.3 Å². The minimum absolute atomic E-state index is 0.0150. The number of halogens is 1. The van der Waals surface area contributed by atoms with Crippen LogP contribution in [0.15, 0.2) is 48.5 Å². The molecule has 37 heavy (non-hydrogen) atoms. The number of nitrogens with one attached hydrogen (secondary N) is 1. The van der Waals surface area contributed by atoms with Crippen molar-refractivity contribution in [2.75, 3.05) is 19.4 Å². The molecule has 0 saturated heterocycles. The number of amides is 3. The van der Waals surface area contributed by atoms with Crippen LogP contribution in [-0.4, -0.2) is 40.6 Å². The number of ether oxygens (including phenoxy) is 1. The van der Waals surface area contributed by atoms with Crippen LogP contribution in [0.1, 0.15) is 57.6 Å². The van der Waals surface area contributed by atoms with E-state index >= 15 is 0 Å². The van der Waals surface area contributed by atoms with Crippen LogP contribution in [0.25, 0.3) is 0 Å². The summed E-state index contributed by atoms with van der Waals surface area (Å²) in [4.78, 5) is 40.5. The predicted molar refractivity (Wildman–Crippen MR) is 140 cm³/mol. The molecule has 3 amide bonds. The van der Waals surface area contributed by atoms with Crippen molar-refractivity contribution in [3.63, 3.8) is 0 Å². The molecule has 3 rings (SSSR count). The van der Waals surface area contributed by atoms with Gasteiger partial charge in [0.2, 0.25) is 5.91 Å². The zero-order chi connectivity index (χ0) is 27.1. The first kappa shape index (κ1) is 27.6. The van der Waals surface area contributed by atoms with Crippen LogP contribution >= 0.6 is 11.5 Å². The summed E-state index contributed by atoms with van der Waals surface area (Å²) in [7, 11) is 1.52. The van der Waals surface area contributed by atoms with Gasteiger partial charge in [0.25, 0.3) is 11.8 Å². The van der Waals surface area contributed by atoms with Crippen molar-refractivity contribution in [1.29, 1.82) is 0 Å². The van der Waals surface area contributed by atoms with Crippen molar-refractivity contribution in [3.8, 4) is 5.75 Å². The second-order valence-electron chi connectivity index (χ2n) is 8.85. The molecule has 1 aromatic heterocycles. The summed E-state index contributed by atoms with van der Waals surface area (Å²) in [6.45, 7) is 4.44. The maximum atomic E-state index is 13.9. The number of anilines is 1. The Morgan fingerprint density at radius 2 is 1.86 bits per heavy atom. The number of carbonyl (C=O) groups excluding carboxylic acids is 3. The summed E-state index contributed by atoms with van der Waals surface area (Å²) in [6, 6.07) is 11.3. The van der Waals surface area contributed by atoms with Gasteiger partial charge in [0.1, 0.15) is 22.5 Å². The van der Waals surface area contributed by atoms with Crippen LogP contribution < -0.4 is 21.5 Å². The number of primary amides is 1. The molecule has 196 valence electrons. The van der Waals surface area contributed by atoms with Crippen LogP contribution in [0.2, 0.25) is 0 Å². The van der Waals surface area contributed by atoms with Gasteiger partial charge >= 0.3 is 0 Å². The molecule has 0 radical (unpaired) electrons. The van der Waals surface area contributed by atoms with E-state index in [1.807, 2.05) is 13.8 Å². The maximum absolute atomic E-state index is 13.9. The van der Waals surface area contributed by atoms with Gasteiger partial charge in [0.05, 0.1) is 12.8 Å². The molecule has 0 aliphatic carbocycles. The van der Waals surface area contributed by atoms with Crippen molar-refractivity contribution in [2.45, 2.75) is 32.9 Å². The average molecular weight is 528 g/mol. The van der Waals surface area contributed by atoms with E-state index in [9.17, 15) is 18.8 Å². The molecular weight excluding hydrogens is 497 g/mol. The molecule has 1 heterocycles. The summed E-state index contributed by atoms with van der Waals surface area (Å²) in [5.74, 6) is -1.50. The number of nitrogen functional groups attached to an aromatic ring is 1. The molecular formula is C26H30FN5O4S. The number of nitrogens with zero attached hydrogens (tertiary/aromatic N) is 2. The van der Waals surface area contributed by atoms with E-state index in [0.29, 0.717) is 29.3 Å². The van der Waals surface area contributed by atoms with Crippen LogP contribution in [0.3, 0.4) is 0 Å². The normalized spacial score (nSPS) is 11.7. The lowest BCUT2D eigenvalue weighted by Crippen LogP contribution is -2.43. The number of nitrogens with two attached hydrogens (primary N) is 2. The third-order valence-corrected chi connectivity index (χ3v) is 6.52. The lowest BCUT2D eigenvalue weighted by atomic mass is 10.0. The van der Waals surface area contributed by atoms with E-state index in [1.54, 1.807) is 24.3 Å². The molecule has 9 nitrogen and oxygen atoms in total. The number of rotatable bonds is 11. The predicted octanol–water partition coefficient (Wildman–Crippen LogP) is 3.52. The smallest absolute Gasteiger partial charge is 0.270 e. The van der Waals surface area contributed by atoms with E-state index in [-0.39, 0.29) is 22.8 Å². The van der Waals surface area contributed by atoms with Gasteiger partial charge in [-0.2, -0.15) is 4.37 Å². The highest BCUT2D eigenvalue weighted by Crippen LogP contribution is 2.31. The van der Waals surface area contributed by atoms with E-state index in [1.165, 1.54) is 36.3 Å². The Morgan fingerprint density at radius 3 is 2.46 bits per heavy atom. The Labute approximate surface area is 218 Å². The molecule has 5 N–H and O–H groups in total. The van der Waals surface area contributed by atoms with Crippen molar-refractivity contribution in [3.05, 3.63) is 76.0 Å². The van der Waals surface area contributed by atoms with Gasteiger partial charge in [-0.15, -0.1) is 0 Å². The third-order valence-electron chi connectivity index (χ3n) is 5.67. The number of hydrogen-bond donors (Lipinski definition) is 3. The molecule has 0 saturated carbocycles. The van der Waals surface area contributed by atoms with Gasteiger partial charge in [0, 0.05) is 13.1 Å². The number of carbonyl (C=O) groups is 3. The van der Waals surface area contributed by atoms with E-state index < -0.39 is 29.6 Å². The molecule has 0 spiro atoms. The molecule has 1 atom stereocenters. The molecule has 0 fully saturated rings. The van der Waals surface area contributed by atoms with Crippen molar-refractivity contribution in [2.24, 2.45) is 11.7 Å². The van der Waals surface area contributed by atoms with E-state index in [4.69, 9.17) is 16.2 Å². The number of aromatic nitrogens is 1. The zero-order valence-electron chi connectivity index (χ0n) is 20.9. The molecule has 0 unspecified atom stereocenters. The largest absolute Gasteiger partial charge is 0.497 e. The van der Waals surface area contributed by atoms with Gasteiger partial charge < -0.3 is 26.4 Å². The highest BCUT2D eigenvalue weighted by atomic mass is 32.1. The quantitative estimate of drug-likeness (QED) is 0.349. The van der Waals surface area contributed by atoms with Gasteiger partial charge in [-0.25, -0.2) is 4.39 Å². The van der Waals surface area contributed by atoms with E-state index in [0.717, 1.165) is 18.0 Å². The summed E-state index contributed by atoms with van der Waals surface area (Å²) in [5.41, 5.74) is 12.1. The highest BCUT2D eigenvalue weighted by molar-refractivity contribution is 7.09. The zero-order valence-corrected chi connectivity index (χ0v) is 21.7. The van der Waals surface area contributed by atoms with Crippen LogP contribution in [0.5, 0.6) is 5.75 Å². The molecule has 11 heteroatoms. The second kappa shape index (κ2) is 12.3. The summed E-state index contributed by atoms with van der Waals surface area (Å²) in [6.07, 6.45) is 0.732. The summed E-state index contributed by atoms with van der Waals surface area (Å²) < 4.78 is 23.0. The molecule has 0 bridgehead atoms. The topological polar surface area (TPSA) is 141 Å². The number of methoxy groups -OCH3 is 1. The van der Waals surface area contributed by atoms with Crippen molar-refractivity contribution in [1.82, 2.24) is 14.6 Å². The first-order chi connectivity index (χ1) is 17.6. The fourth-order valence-electron chi connectivity index (χ4n) is 3.71. The Bertz CT molecular complexity index is 1260. The van der Waals surface area contributed by atoms with Crippen molar-refractivity contribution < 1.29 is 23.5 Å². The number of benzene rings is 2. The Kier molecular flexibility index (Phi) is 9.18. The summed E-state index contributed by atoms with van der Waals surface area (Å²) in [5, 5.41) is 2.89. The monoisotopic (exact) mass is 527 g/mol. The van der Waals surface area contributed by atoms with Crippen LogP contribution in [0, 0.1) is 11.7 Å². The minimum atomic E-state index is -1.13. The third kappa shape index (κ3) is 6.82. The fraction of sp³-hybridized carbons (Fsp3) is 0.308. The Balaban J connectivity index is 2.10. The maximum Gasteiger partial charge on any atom is 0.270 e. The minimum Gasteiger partial charge on any atom is -0.497 e. The fourth-order valence-corrected chi connectivity index (χ4v) is 4.47. The second-order valence-corrected chi connectivity index (χ2v) is 9.62. The van der Waals surface area contributed by atoms with Crippen molar-refractivity contribution >= 4 is 34.9 Å². The first-order valence-corrected chi connectivity index (χ1v) is 12.4. The standard InChI is InChI=1S/C26H30FN5O4S/c1-15(2)11-12-30-25(34)22(17-7-9-18(27)10-8-17)32(14-16-5-4-6-19(13-16)36-3)26(35)23-20(28)21(24(29)33)31-37-23/h4-10,13,15,22H,11-12,14,28H2,1-3H3,(H2,29,33)(H,30,34)/t22-/m1/s1. The lowest BCUT2D eigenvalue weighted by molar-refractivity contribution is -0.126. The van der Waals surface area contributed by atoms with Gasteiger partial charge in [-0.3, -0.25) is 14.4 Å². The van der Waals surface area contributed by atoms with Gasteiger partial charge in [0.15, 0.2) is 5.69 Å². The molecule has 2 aromatic carbocycles. The average Bonchev–Trinajstić information content (AvgIpc) is 3.25. The molecule has 0 aliphatic heterocycles. The van der Waals surface area contributed by atoms with Crippen LogP contribution in [-0.2, 0) is 11.3 Å². The number of hydrogen-bond acceptors (Lipinski definition) is 7. The first-order valence-electron chi connectivity index (χ1n) is 11.6. The Morgan fingerprint density at radius 1 is 1.16 bits per heavy atom. The highest BCUT2D eigenvalue weighted by Gasteiger charge is 2.35. The summed E-state index contributed by atoms with van der Waals surface area (Å²) >= 11 is 0.724. The molecule has 3 aromatic rings. The Hall–Kier alpha value is -3.99. The van der Waals surface area contributed by atoms with Gasteiger partial charge in [-0.1, -0.05) is 38.1 Å². The van der Waals surface area contributed by atoms with Crippen LogP contribution in [0.4, 0.5) is 10.1 Å². The molecule has 0 aliphatic rings. The lowest BCUT2D eigenvalue weighted by Gasteiger charge is -2.31.